The van der Waals surface area contributed by atoms with E-state index in [1.54, 1.807) is 11.3 Å². The third kappa shape index (κ3) is 1.15. The normalized spacial score (nSPS) is 24.3. The Morgan fingerprint density at radius 3 is 3.11 bits per heavy atom. The standard InChI is InChI=1S/C5H4BrNOS/c6-5-7-3(2-9-5)4-1-8-4/h2,4H,1H2/t4-/m0/s1. The van der Waals surface area contributed by atoms with Gasteiger partial charge in [-0.05, 0) is 15.9 Å². The molecule has 0 bridgehead atoms. The summed E-state index contributed by atoms with van der Waals surface area (Å²) in [6, 6.07) is 0. The molecule has 1 aromatic heterocycles. The van der Waals surface area contributed by atoms with Gasteiger partial charge in [0.2, 0.25) is 0 Å². The molecule has 2 nitrogen and oxygen atoms in total. The number of hydrogen-bond donors (Lipinski definition) is 0. The van der Waals surface area contributed by atoms with Gasteiger partial charge in [0.1, 0.15) is 6.10 Å². The molecule has 0 radical (unpaired) electrons. The molecular formula is C5H4BrNOS. The van der Waals surface area contributed by atoms with Crippen molar-refractivity contribution in [3.8, 4) is 0 Å². The summed E-state index contributed by atoms with van der Waals surface area (Å²) in [5, 5.41) is 2.02. The molecule has 1 atom stereocenters. The van der Waals surface area contributed by atoms with E-state index in [0.717, 1.165) is 16.2 Å². The van der Waals surface area contributed by atoms with Crippen molar-refractivity contribution < 1.29 is 4.74 Å². The number of hydrogen-bond acceptors (Lipinski definition) is 3. The Morgan fingerprint density at radius 1 is 1.89 bits per heavy atom. The summed E-state index contributed by atoms with van der Waals surface area (Å²) in [4.78, 5) is 4.18. The quantitative estimate of drug-likeness (QED) is 0.656. The zero-order chi connectivity index (χ0) is 6.27. The Kier molecular flexibility index (Phi) is 1.32. The van der Waals surface area contributed by atoms with Crippen LogP contribution in [0.3, 0.4) is 0 Å². The van der Waals surface area contributed by atoms with Crippen LogP contribution in [0, 0.1) is 0 Å². The largest absolute Gasteiger partial charge is 0.366 e. The van der Waals surface area contributed by atoms with E-state index in [1.165, 1.54) is 0 Å². The van der Waals surface area contributed by atoms with E-state index in [2.05, 4.69) is 20.9 Å². The van der Waals surface area contributed by atoms with Crippen LogP contribution < -0.4 is 0 Å². The molecule has 2 heterocycles. The van der Waals surface area contributed by atoms with Crippen LogP contribution in [-0.2, 0) is 4.74 Å². The van der Waals surface area contributed by atoms with E-state index in [9.17, 15) is 0 Å². The Bertz CT molecular complexity index is 220. The van der Waals surface area contributed by atoms with Crippen LogP contribution in [0.5, 0.6) is 0 Å². The number of nitrogens with zero attached hydrogens (tertiary/aromatic N) is 1. The van der Waals surface area contributed by atoms with E-state index in [0.29, 0.717) is 6.10 Å². The number of ether oxygens (including phenoxy) is 1. The Balaban J connectivity index is 2.28. The summed E-state index contributed by atoms with van der Waals surface area (Å²) in [7, 11) is 0. The van der Waals surface area contributed by atoms with E-state index in [4.69, 9.17) is 4.74 Å². The molecule has 0 unspecified atom stereocenters. The minimum absolute atomic E-state index is 0.299. The maximum atomic E-state index is 5.03. The third-order valence-electron chi connectivity index (χ3n) is 1.16. The Labute approximate surface area is 65.0 Å². The Hall–Kier alpha value is 0.0700. The molecule has 1 fully saturated rings. The average molecular weight is 206 g/mol. The number of halogens is 1. The van der Waals surface area contributed by atoms with Crippen LogP contribution in [0.1, 0.15) is 11.8 Å². The first kappa shape index (κ1) is 5.82. The fourth-order valence-corrected chi connectivity index (χ4v) is 1.70. The second-order valence-corrected chi connectivity index (χ2v) is 3.98. The second-order valence-electron chi connectivity index (χ2n) is 1.85. The van der Waals surface area contributed by atoms with Crippen LogP contribution in [0.4, 0.5) is 0 Å². The van der Waals surface area contributed by atoms with Crippen molar-refractivity contribution in [1.29, 1.82) is 0 Å². The molecule has 2 rings (SSSR count). The van der Waals surface area contributed by atoms with Gasteiger partial charge in [-0.3, -0.25) is 0 Å². The lowest BCUT2D eigenvalue weighted by Gasteiger charge is -1.79. The van der Waals surface area contributed by atoms with Gasteiger partial charge in [0.05, 0.1) is 12.3 Å². The zero-order valence-electron chi connectivity index (χ0n) is 4.50. The highest BCUT2D eigenvalue weighted by Gasteiger charge is 2.26. The summed E-state index contributed by atoms with van der Waals surface area (Å²) in [5.41, 5.74) is 1.06. The molecular weight excluding hydrogens is 202 g/mol. The van der Waals surface area contributed by atoms with E-state index >= 15 is 0 Å². The highest BCUT2D eigenvalue weighted by Crippen LogP contribution is 2.31. The molecule has 0 saturated carbocycles. The monoisotopic (exact) mass is 205 g/mol. The van der Waals surface area contributed by atoms with Gasteiger partial charge in [0.15, 0.2) is 3.92 Å². The van der Waals surface area contributed by atoms with Gasteiger partial charge in [-0.25, -0.2) is 4.98 Å². The molecule has 1 aliphatic heterocycles. The summed E-state index contributed by atoms with van der Waals surface area (Å²) in [6.45, 7) is 0.843. The zero-order valence-corrected chi connectivity index (χ0v) is 6.91. The lowest BCUT2D eigenvalue weighted by atomic mass is 10.4. The lowest BCUT2D eigenvalue weighted by molar-refractivity contribution is 0.412. The topological polar surface area (TPSA) is 25.4 Å². The predicted molar refractivity (Wildman–Crippen MR) is 38.5 cm³/mol. The predicted octanol–water partition coefficient (Wildman–Crippen LogP) is 1.98. The number of thiazole rings is 1. The smallest absolute Gasteiger partial charge is 0.159 e. The molecule has 1 aliphatic rings. The first-order chi connectivity index (χ1) is 4.36. The van der Waals surface area contributed by atoms with Gasteiger partial charge in [0, 0.05) is 5.38 Å². The summed E-state index contributed by atoms with van der Waals surface area (Å²) in [5.74, 6) is 0. The minimum atomic E-state index is 0.299. The van der Waals surface area contributed by atoms with Crippen LogP contribution in [0.2, 0.25) is 0 Å². The van der Waals surface area contributed by atoms with Crippen molar-refractivity contribution in [2.24, 2.45) is 0 Å². The maximum Gasteiger partial charge on any atom is 0.159 e. The van der Waals surface area contributed by atoms with Crippen molar-refractivity contribution in [1.82, 2.24) is 4.98 Å². The van der Waals surface area contributed by atoms with Gasteiger partial charge in [-0.15, -0.1) is 11.3 Å². The average Bonchev–Trinajstić information content (AvgIpc) is 2.58. The molecule has 0 aliphatic carbocycles. The molecule has 0 aromatic carbocycles. The van der Waals surface area contributed by atoms with Crippen LogP contribution >= 0.6 is 27.3 Å². The highest BCUT2D eigenvalue weighted by molar-refractivity contribution is 9.11. The molecule has 0 N–H and O–H groups in total. The fourth-order valence-electron chi connectivity index (χ4n) is 0.630. The van der Waals surface area contributed by atoms with E-state index in [-0.39, 0.29) is 0 Å². The molecule has 0 amide bonds. The minimum Gasteiger partial charge on any atom is -0.366 e. The lowest BCUT2D eigenvalue weighted by Crippen LogP contribution is -1.76. The molecule has 0 spiro atoms. The van der Waals surface area contributed by atoms with Crippen LogP contribution in [-0.4, -0.2) is 11.6 Å². The van der Waals surface area contributed by atoms with Crippen molar-refractivity contribution in [3.63, 3.8) is 0 Å². The molecule has 1 saturated heterocycles. The van der Waals surface area contributed by atoms with Crippen molar-refractivity contribution in [3.05, 3.63) is 15.0 Å². The number of rotatable bonds is 1. The summed E-state index contributed by atoms with van der Waals surface area (Å²) < 4.78 is 5.97. The van der Waals surface area contributed by atoms with Crippen molar-refractivity contribution in [2.75, 3.05) is 6.61 Å². The Morgan fingerprint density at radius 2 is 2.67 bits per heavy atom. The van der Waals surface area contributed by atoms with E-state index in [1.807, 2.05) is 5.38 Å². The molecule has 1 aromatic rings. The third-order valence-corrected chi connectivity index (χ3v) is 2.54. The van der Waals surface area contributed by atoms with Gasteiger partial charge < -0.3 is 4.74 Å². The first-order valence-electron chi connectivity index (χ1n) is 2.59. The van der Waals surface area contributed by atoms with Crippen molar-refractivity contribution >= 4 is 27.3 Å². The highest BCUT2D eigenvalue weighted by atomic mass is 79.9. The molecule has 48 valence electrons. The van der Waals surface area contributed by atoms with Gasteiger partial charge in [-0.2, -0.15) is 0 Å². The van der Waals surface area contributed by atoms with Crippen LogP contribution in [0.25, 0.3) is 0 Å². The summed E-state index contributed by atoms with van der Waals surface area (Å²) >= 11 is 4.88. The van der Waals surface area contributed by atoms with E-state index < -0.39 is 0 Å². The van der Waals surface area contributed by atoms with Crippen molar-refractivity contribution in [2.45, 2.75) is 6.10 Å². The van der Waals surface area contributed by atoms with Crippen LogP contribution in [0.15, 0.2) is 9.30 Å². The first-order valence-corrected chi connectivity index (χ1v) is 4.26. The molecule has 9 heavy (non-hydrogen) atoms. The number of epoxide rings is 1. The van der Waals surface area contributed by atoms with Gasteiger partial charge in [-0.1, -0.05) is 0 Å². The maximum absolute atomic E-state index is 5.03. The SMILES string of the molecule is Brc1nc([C@@H]2CO2)cs1. The summed E-state index contributed by atoms with van der Waals surface area (Å²) in [6.07, 6.45) is 0.299. The van der Waals surface area contributed by atoms with Gasteiger partial charge >= 0.3 is 0 Å². The number of aromatic nitrogens is 1. The van der Waals surface area contributed by atoms with Gasteiger partial charge in [0.25, 0.3) is 0 Å². The second kappa shape index (κ2) is 2.04. The fraction of sp³-hybridized carbons (Fsp3) is 0.400. The molecule has 4 heteroatoms.